The molecule has 1 aromatic rings. The van der Waals surface area contributed by atoms with Crippen LogP contribution in [0.1, 0.15) is 19.8 Å². The lowest BCUT2D eigenvalue weighted by Gasteiger charge is -2.30. The zero-order valence-electron chi connectivity index (χ0n) is 12.8. The Bertz CT molecular complexity index is 567. The Hall–Kier alpha value is -2.24. The lowest BCUT2D eigenvalue weighted by molar-refractivity contribution is 0.186. The third kappa shape index (κ3) is 3.16. The monoisotopic (exact) mass is 302 g/mol. The van der Waals surface area contributed by atoms with Crippen molar-refractivity contribution in [1.82, 2.24) is 10.2 Å². The van der Waals surface area contributed by atoms with E-state index in [0.717, 1.165) is 37.3 Å². The summed E-state index contributed by atoms with van der Waals surface area (Å²) in [4.78, 5) is 27.5. The van der Waals surface area contributed by atoms with Crippen molar-refractivity contribution < 1.29 is 9.59 Å². The smallest absolute Gasteiger partial charge is 0.321 e. The van der Waals surface area contributed by atoms with Gasteiger partial charge in [-0.3, -0.25) is 4.90 Å². The molecule has 0 unspecified atom stereocenters. The van der Waals surface area contributed by atoms with Gasteiger partial charge in [-0.1, -0.05) is 13.0 Å². The highest BCUT2D eigenvalue weighted by molar-refractivity contribution is 5.95. The maximum atomic E-state index is 12.3. The molecule has 0 atom stereocenters. The molecule has 2 heterocycles. The number of rotatable bonds is 2. The molecule has 0 aliphatic carbocycles. The molecule has 118 valence electrons. The van der Waals surface area contributed by atoms with Crippen molar-refractivity contribution in [1.29, 1.82) is 0 Å². The first-order valence-electron chi connectivity index (χ1n) is 7.85. The second-order valence-electron chi connectivity index (χ2n) is 6.03. The largest absolute Gasteiger partial charge is 0.336 e. The van der Waals surface area contributed by atoms with Crippen molar-refractivity contribution in [2.24, 2.45) is 5.92 Å². The van der Waals surface area contributed by atoms with Gasteiger partial charge in [0.15, 0.2) is 0 Å². The Morgan fingerprint density at radius 3 is 2.73 bits per heavy atom. The van der Waals surface area contributed by atoms with Crippen LogP contribution in [0.3, 0.4) is 0 Å². The molecule has 2 saturated heterocycles. The lowest BCUT2D eigenvalue weighted by Crippen LogP contribution is -2.40. The number of hydrogen-bond donors (Lipinski definition) is 2. The van der Waals surface area contributed by atoms with Gasteiger partial charge >= 0.3 is 12.1 Å². The van der Waals surface area contributed by atoms with E-state index < -0.39 is 0 Å². The summed E-state index contributed by atoms with van der Waals surface area (Å²) in [5, 5.41) is 5.71. The Balaban J connectivity index is 1.65. The zero-order chi connectivity index (χ0) is 15.5. The van der Waals surface area contributed by atoms with Crippen molar-refractivity contribution in [2.45, 2.75) is 19.8 Å². The van der Waals surface area contributed by atoms with Crippen molar-refractivity contribution in [2.75, 3.05) is 36.4 Å². The van der Waals surface area contributed by atoms with Crippen molar-refractivity contribution in [3.05, 3.63) is 24.3 Å². The Labute approximate surface area is 130 Å². The van der Waals surface area contributed by atoms with Gasteiger partial charge in [0, 0.05) is 37.6 Å². The third-order valence-corrected chi connectivity index (χ3v) is 4.34. The number of anilines is 2. The molecule has 2 aliphatic heterocycles. The summed E-state index contributed by atoms with van der Waals surface area (Å²) in [7, 11) is 0. The Morgan fingerprint density at radius 2 is 2.05 bits per heavy atom. The summed E-state index contributed by atoms with van der Waals surface area (Å²) < 4.78 is 0. The molecule has 0 aromatic heterocycles. The normalized spacial score (nSPS) is 19.2. The minimum Gasteiger partial charge on any atom is -0.336 e. The van der Waals surface area contributed by atoms with Crippen LogP contribution in [-0.4, -0.2) is 43.1 Å². The molecular formula is C16H22N4O2. The van der Waals surface area contributed by atoms with Gasteiger partial charge in [0.05, 0.1) is 0 Å². The fourth-order valence-corrected chi connectivity index (χ4v) is 2.88. The van der Waals surface area contributed by atoms with Crippen LogP contribution in [0.15, 0.2) is 24.3 Å². The van der Waals surface area contributed by atoms with Crippen LogP contribution in [0.5, 0.6) is 0 Å². The predicted octanol–water partition coefficient (Wildman–Crippen LogP) is 2.48. The first-order valence-corrected chi connectivity index (χ1v) is 7.85. The fraction of sp³-hybridized carbons (Fsp3) is 0.500. The minimum atomic E-state index is -0.0894. The van der Waals surface area contributed by atoms with Crippen LogP contribution in [0, 0.1) is 5.92 Å². The molecule has 0 saturated carbocycles. The van der Waals surface area contributed by atoms with E-state index in [-0.39, 0.29) is 12.1 Å². The number of carbonyl (C=O) groups excluding carboxylic acids is 2. The molecule has 2 fully saturated rings. The van der Waals surface area contributed by atoms with Gasteiger partial charge in [-0.15, -0.1) is 0 Å². The van der Waals surface area contributed by atoms with E-state index in [1.165, 1.54) is 0 Å². The van der Waals surface area contributed by atoms with E-state index in [9.17, 15) is 9.59 Å². The van der Waals surface area contributed by atoms with Crippen molar-refractivity contribution in [3.8, 4) is 0 Å². The standard InChI is InChI=1S/C16H22N4O2/c1-12-5-8-19(9-6-12)16(22)18-13-3-2-4-14(11-13)20-10-7-17-15(20)21/h2-4,11-12H,5-10H2,1H3,(H,17,21)(H,18,22). The third-order valence-electron chi connectivity index (χ3n) is 4.34. The molecule has 22 heavy (non-hydrogen) atoms. The van der Waals surface area contributed by atoms with Crippen molar-refractivity contribution in [3.63, 3.8) is 0 Å². The maximum absolute atomic E-state index is 12.3. The number of nitrogens with zero attached hydrogens (tertiary/aromatic N) is 2. The van der Waals surface area contributed by atoms with E-state index in [0.29, 0.717) is 19.0 Å². The number of carbonyl (C=O) groups is 2. The van der Waals surface area contributed by atoms with Gasteiger partial charge in [-0.2, -0.15) is 0 Å². The first-order chi connectivity index (χ1) is 10.6. The lowest BCUT2D eigenvalue weighted by atomic mass is 10.00. The molecule has 6 nitrogen and oxygen atoms in total. The zero-order valence-corrected chi connectivity index (χ0v) is 12.8. The highest BCUT2D eigenvalue weighted by Crippen LogP contribution is 2.22. The summed E-state index contributed by atoms with van der Waals surface area (Å²) in [6.45, 7) is 5.14. The molecule has 0 spiro atoms. The summed E-state index contributed by atoms with van der Waals surface area (Å²) in [5.41, 5.74) is 1.53. The molecule has 3 rings (SSSR count). The number of nitrogens with one attached hydrogen (secondary N) is 2. The van der Waals surface area contributed by atoms with Crippen LogP contribution in [0.2, 0.25) is 0 Å². The quantitative estimate of drug-likeness (QED) is 0.881. The van der Waals surface area contributed by atoms with E-state index >= 15 is 0 Å². The molecule has 2 N–H and O–H groups in total. The van der Waals surface area contributed by atoms with Gasteiger partial charge in [0.1, 0.15) is 0 Å². The van der Waals surface area contributed by atoms with E-state index in [1.807, 2.05) is 29.2 Å². The van der Waals surface area contributed by atoms with Gasteiger partial charge in [-0.25, -0.2) is 9.59 Å². The van der Waals surface area contributed by atoms with E-state index in [1.54, 1.807) is 4.90 Å². The van der Waals surface area contributed by atoms with E-state index in [4.69, 9.17) is 0 Å². The van der Waals surface area contributed by atoms with Crippen LogP contribution in [0.25, 0.3) is 0 Å². The second kappa shape index (κ2) is 6.25. The van der Waals surface area contributed by atoms with Gasteiger partial charge in [0.25, 0.3) is 0 Å². The number of benzene rings is 1. The first kappa shape index (κ1) is 14.7. The van der Waals surface area contributed by atoms with Gasteiger partial charge < -0.3 is 15.5 Å². The molecule has 2 aliphatic rings. The average molecular weight is 302 g/mol. The van der Waals surface area contributed by atoms with Crippen LogP contribution < -0.4 is 15.5 Å². The minimum absolute atomic E-state index is 0.0603. The summed E-state index contributed by atoms with van der Waals surface area (Å²) in [5.74, 6) is 0.695. The highest BCUT2D eigenvalue weighted by Gasteiger charge is 2.22. The predicted molar refractivity (Wildman–Crippen MR) is 86.2 cm³/mol. The average Bonchev–Trinajstić information content (AvgIpc) is 2.94. The second-order valence-corrected chi connectivity index (χ2v) is 6.03. The molecule has 0 radical (unpaired) electrons. The van der Waals surface area contributed by atoms with Crippen LogP contribution in [0.4, 0.5) is 21.0 Å². The number of piperidine rings is 1. The fourth-order valence-electron chi connectivity index (χ4n) is 2.88. The molecule has 6 heteroatoms. The Kier molecular flexibility index (Phi) is 4.18. The number of likely N-dealkylation sites (tertiary alicyclic amines) is 1. The van der Waals surface area contributed by atoms with Gasteiger partial charge in [-0.05, 0) is 37.0 Å². The SMILES string of the molecule is CC1CCN(C(=O)Nc2cccc(N3CCNC3=O)c2)CC1. The Morgan fingerprint density at radius 1 is 1.27 bits per heavy atom. The molecule has 1 aromatic carbocycles. The number of urea groups is 2. The molecule has 0 bridgehead atoms. The number of hydrogen-bond acceptors (Lipinski definition) is 2. The van der Waals surface area contributed by atoms with Crippen LogP contribution >= 0.6 is 0 Å². The van der Waals surface area contributed by atoms with Gasteiger partial charge in [0.2, 0.25) is 0 Å². The summed E-state index contributed by atoms with van der Waals surface area (Å²) in [6, 6.07) is 7.28. The van der Waals surface area contributed by atoms with Crippen molar-refractivity contribution >= 4 is 23.4 Å². The van der Waals surface area contributed by atoms with Crippen LogP contribution in [-0.2, 0) is 0 Å². The number of amides is 4. The molecular weight excluding hydrogens is 280 g/mol. The summed E-state index contributed by atoms with van der Waals surface area (Å²) >= 11 is 0. The topological polar surface area (TPSA) is 64.7 Å². The highest BCUT2D eigenvalue weighted by atomic mass is 16.2. The maximum Gasteiger partial charge on any atom is 0.321 e. The molecule has 4 amide bonds. The summed E-state index contributed by atoms with van der Waals surface area (Å²) in [6.07, 6.45) is 2.11. The van der Waals surface area contributed by atoms with E-state index in [2.05, 4.69) is 17.6 Å².